The number of halogens is 2. The van der Waals surface area contributed by atoms with E-state index in [9.17, 15) is 14.0 Å². The molecule has 0 aliphatic rings. The van der Waals surface area contributed by atoms with Crippen LogP contribution in [0.3, 0.4) is 0 Å². The minimum absolute atomic E-state index is 0.0306. The molecule has 2 aromatic heterocycles. The van der Waals surface area contributed by atoms with Crippen LogP contribution in [-0.4, -0.2) is 23.9 Å². The second-order valence-corrected chi connectivity index (χ2v) is 5.81. The number of allylic oxidation sites excluding steroid dienone is 1. The van der Waals surface area contributed by atoms with Gasteiger partial charge in [-0.15, -0.1) is 11.3 Å². The van der Waals surface area contributed by atoms with E-state index in [1.165, 1.54) is 36.7 Å². The van der Waals surface area contributed by atoms with Gasteiger partial charge in [0.25, 0.3) is 5.89 Å². The molecule has 6 nitrogen and oxygen atoms in total. The van der Waals surface area contributed by atoms with Crippen molar-refractivity contribution in [1.29, 1.82) is 5.26 Å². The molecule has 0 atom stereocenters. The predicted octanol–water partition coefficient (Wildman–Crippen LogP) is 4.47. The van der Waals surface area contributed by atoms with Crippen LogP contribution < -0.4 is 9.47 Å². The summed E-state index contributed by atoms with van der Waals surface area (Å²) in [5.41, 5.74) is 0.530. The lowest BCUT2D eigenvalue weighted by molar-refractivity contribution is -0.0512. The number of rotatable bonds is 6. The molecule has 3 rings (SSSR count). The van der Waals surface area contributed by atoms with Crippen LogP contribution in [0.4, 0.5) is 8.78 Å². The highest BCUT2D eigenvalue weighted by molar-refractivity contribution is 7.13. The number of benzene rings is 1. The minimum Gasteiger partial charge on any atom is -0.493 e. The number of alkyl halides is 2. The molecule has 0 saturated carbocycles. The van der Waals surface area contributed by atoms with E-state index in [0.717, 1.165) is 4.88 Å². The molecule has 0 saturated heterocycles. The summed E-state index contributed by atoms with van der Waals surface area (Å²) in [6, 6.07) is 10.0. The number of nitrogens with zero attached hydrogens (tertiary/aromatic N) is 3. The van der Waals surface area contributed by atoms with E-state index in [1.807, 2.05) is 23.6 Å². The largest absolute Gasteiger partial charge is 0.493 e. The molecule has 9 heteroatoms. The Labute approximate surface area is 150 Å². The molecule has 0 amide bonds. The van der Waals surface area contributed by atoms with Gasteiger partial charge in [-0.25, -0.2) is 0 Å². The van der Waals surface area contributed by atoms with Crippen LogP contribution in [0.5, 0.6) is 11.5 Å². The molecule has 3 aromatic rings. The Morgan fingerprint density at radius 2 is 2.19 bits per heavy atom. The van der Waals surface area contributed by atoms with Crippen molar-refractivity contribution >= 4 is 23.0 Å². The Morgan fingerprint density at radius 3 is 2.85 bits per heavy atom. The van der Waals surface area contributed by atoms with Gasteiger partial charge in [0, 0.05) is 0 Å². The van der Waals surface area contributed by atoms with Crippen molar-refractivity contribution in [3.05, 3.63) is 47.2 Å². The second kappa shape index (κ2) is 7.76. The molecule has 26 heavy (non-hydrogen) atoms. The van der Waals surface area contributed by atoms with E-state index >= 15 is 0 Å². The molecule has 1 aromatic carbocycles. The highest BCUT2D eigenvalue weighted by atomic mass is 32.1. The first-order valence-electron chi connectivity index (χ1n) is 7.23. The van der Waals surface area contributed by atoms with Crippen molar-refractivity contribution in [2.45, 2.75) is 6.61 Å². The fraction of sp³-hybridized carbons (Fsp3) is 0.118. The average Bonchev–Trinajstić information content (AvgIpc) is 3.30. The molecule has 132 valence electrons. The summed E-state index contributed by atoms with van der Waals surface area (Å²) in [4.78, 5) is 4.99. The number of nitriles is 1. The summed E-state index contributed by atoms with van der Waals surface area (Å²) in [5, 5.41) is 15.1. The van der Waals surface area contributed by atoms with Gasteiger partial charge in [-0.2, -0.15) is 19.0 Å². The van der Waals surface area contributed by atoms with Gasteiger partial charge in [-0.05, 0) is 35.2 Å². The topological polar surface area (TPSA) is 81.2 Å². The van der Waals surface area contributed by atoms with Gasteiger partial charge in [0.1, 0.15) is 11.6 Å². The molecule has 0 N–H and O–H groups in total. The molecule has 2 heterocycles. The van der Waals surface area contributed by atoms with E-state index < -0.39 is 6.61 Å². The zero-order chi connectivity index (χ0) is 18.5. The average molecular weight is 375 g/mol. The van der Waals surface area contributed by atoms with Crippen LogP contribution in [-0.2, 0) is 0 Å². The number of aromatic nitrogens is 2. The molecule has 0 bridgehead atoms. The third kappa shape index (κ3) is 3.87. The lowest BCUT2D eigenvalue weighted by Gasteiger charge is -2.10. The first-order valence-corrected chi connectivity index (χ1v) is 8.11. The number of methoxy groups -OCH3 is 1. The van der Waals surface area contributed by atoms with Gasteiger partial charge in [0.2, 0.25) is 5.82 Å². The highest BCUT2D eigenvalue weighted by Gasteiger charge is 2.15. The lowest BCUT2D eigenvalue weighted by atomic mass is 10.1. The normalized spacial score (nSPS) is 11.4. The molecule has 0 spiro atoms. The van der Waals surface area contributed by atoms with Crippen LogP contribution >= 0.6 is 11.3 Å². The summed E-state index contributed by atoms with van der Waals surface area (Å²) < 4.78 is 39.6. The van der Waals surface area contributed by atoms with E-state index in [1.54, 1.807) is 6.07 Å². The predicted molar refractivity (Wildman–Crippen MR) is 90.7 cm³/mol. The van der Waals surface area contributed by atoms with Crippen molar-refractivity contribution in [2.75, 3.05) is 7.11 Å². The maximum atomic E-state index is 12.5. The monoisotopic (exact) mass is 375 g/mol. The second-order valence-electron chi connectivity index (χ2n) is 4.86. The molecule has 0 fully saturated rings. The van der Waals surface area contributed by atoms with Crippen LogP contribution in [0, 0.1) is 11.3 Å². The molecular formula is C17H11F2N3O3S. The maximum absolute atomic E-state index is 12.5. The van der Waals surface area contributed by atoms with Crippen molar-refractivity contribution < 1.29 is 22.8 Å². The van der Waals surface area contributed by atoms with E-state index in [-0.39, 0.29) is 23.0 Å². The molecule has 0 aliphatic carbocycles. The molecule has 0 aliphatic heterocycles. The van der Waals surface area contributed by atoms with Crippen LogP contribution in [0.25, 0.3) is 22.4 Å². The Hall–Kier alpha value is -3.25. The third-order valence-electron chi connectivity index (χ3n) is 3.23. The van der Waals surface area contributed by atoms with E-state index in [2.05, 4.69) is 14.9 Å². The third-order valence-corrected chi connectivity index (χ3v) is 4.10. The zero-order valence-electron chi connectivity index (χ0n) is 13.3. The SMILES string of the molecule is COc1ccc(/C=C(\C#N)c2nc(-c3cccs3)no2)cc1OC(F)F. The van der Waals surface area contributed by atoms with E-state index in [0.29, 0.717) is 11.4 Å². The van der Waals surface area contributed by atoms with Crippen molar-refractivity contribution in [2.24, 2.45) is 0 Å². The van der Waals surface area contributed by atoms with Crippen molar-refractivity contribution in [1.82, 2.24) is 10.1 Å². The summed E-state index contributed by atoms with van der Waals surface area (Å²) >= 11 is 1.44. The zero-order valence-corrected chi connectivity index (χ0v) is 14.2. The van der Waals surface area contributed by atoms with Gasteiger partial charge in [0.15, 0.2) is 11.5 Å². The van der Waals surface area contributed by atoms with Gasteiger partial charge >= 0.3 is 6.61 Å². The van der Waals surface area contributed by atoms with Crippen LogP contribution in [0.2, 0.25) is 0 Å². The molecule has 0 unspecified atom stereocenters. The number of hydrogen-bond acceptors (Lipinski definition) is 7. The van der Waals surface area contributed by atoms with E-state index in [4.69, 9.17) is 9.26 Å². The Kier molecular flexibility index (Phi) is 5.24. The summed E-state index contributed by atoms with van der Waals surface area (Å²) in [7, 11) is 1.34. The van der Waals surface area contributed by atoms with Crippen LogP contribution in [0.15, 0.2) is 40.2 Å². The standard InChI is InChI=1S/C17H11F2N3O3S/c1-23-12-5-4-10(8-13(12)24-17(18)19)7-11(9-20)16-21-15(22-25-16)14-3-2-6-26-14/h2-8,17H,1H3/b11-7+. The summed E-state index contributed by atoms with van der Waals surface area (Å²) in [5.74, 6) is 0.410. The fourth-order valence-corrected chi connectivity index (χ4v) is 2.77. The number of thiophene rings is 1. The summed E-state index contributed by atoms with van der Waals surface area (Å²) in [6.45, 7) is -3.00. The first-order chi connectivity index (χ1) is 12.6. The molecular weight excluding hydrogens is 364 g/mol. The smallest absolute Gasteiger partial charge is 0.387 e. The molecule has 0 radical (unpaired) electrons. The van der Waals surface area contributed by atoms with Gasteiger partial charge in [0.05, 0.1) is 12.0 Å². The van der Waals surface area contributed by atoms with Crippen molar-refractivity contribution in [3.63, 3.8) is 0 Å². The first kappa shape index (κ1) is 17.6. The van der Waals surface area contributed by atoms with Crippen LogP contribution in [0.1, 0.15) is 11.5 Å². The maximum Gasteiger partial charge on any atom is 0.387 e. The summed E-state index contributed by atoms with van der Waals surface area (Å²) in [6.07, 6.45) is 1.43. The lowest BCUT2D eigenvalue weighted by Crippen LogP contribution is -2.03. The number of ether oxygens (including phenoxy) is 2. The Morgan fingerprint density at radius 1 is 1.35 bits per heavy atom. The van der Waals surface area contributed by atoms with Gasteiger partial charge in [-0.3, -0.25) is 0 Å². The number of hydrogen-bond donors (Lipinski definition) is 0. The quantitative estimate of drug-likeness (QED) is 0.591. The Balaban J connectivity index is 1.93. The van der Waals surface area contributed by atoms with Crippen molar-refractivity contribution in [3.8, 4) is 28.3 Å². The minimum atomic E-state index is -3.00. The Bertz CT molecular complexity index is 962. The van der Waals surface area contributed by atoms with Gasteiger partial charge in [-0.1, -0.05) is 17.3 Å². The fourth-order valence-electron chi connectivity index (χ4n) is 2.12. The highest BCUT2D eigenvalue weighted by Crippen LogP contribution is 2.31. The van der Waals surface area contributed by atoms with Gasteiger partial charge < -0.3 is 14.0 Å².